The van der Waals surface area contributed by atoms with E-state index < -0.39 is 0 Å². The first kappa shape index (κ1) is 18.9. The van der Waals surface area contributed by atoms with Gasteiger partial charge in [-0.25, -0.2) is 9.97 Å². The van der Waals surface area contributed by atoms with Gasteiger partial charge in [0.1, 0.15) is 0 Å². The number of rotatable bonds is 2. The van der Waals surface area contributed by atoms with Crippen molar-refractivity contribution >= 4 is 52.1 Å². The molecule has 2 N–H and O–H groups in total. The Morgan fingerprint density at radius 1 is 0.697 bits per heavy atom. The minimum atomic E-state index is -0.361. The van der Waals surface area contributed by atoms with E-state index in [4.69, 9.17) is 4.98 Å². The lowest BCUT2D eigenvalue weighted by Crippen LogP contribution is -1.93. The highest BCUT2D eigenvalue weighted by Gasteiger charge is 2.19. The molecular formula is C26H17N5O2. The Morgan fingerprint density at radius 3 is 2.03 bits per heavy atom. The molecule has 33 heavy (non-hydrogen) atoms. The van der Waals surface area contributed by atoms with E-state index in [1.54, 1.807) is 18.2 Å². The first-order valence-electron chi connectivity index (χ1n) is 10.4. The molecule has 5 heterocycles. The van der Waals surface area contributed by atoms with E-state index in [9.17, 15) is 10.1 Å². The van der Waals surface area contributed by atoms with Crippen molar-refractivity contribution in [2.24, 2.45) is 0 Å². The van der Waals surface area contributed by atoms with Gasteiger partial charge in [-0.3, -0.25) is 10.1 Å². The molecule has 0 spiro atoms. The summed E-state index contributed by atoms with van der Waals surface area (Å²) in [6.07, 6.45) is 7.72. The highest BCUT2D eigenvalue weighted by atomic mass is 16.6. The monoisotopic (exact) mass is 431 g/mol. The second kappa shape index (κ2) is 7.42. The maximum atomic E-state index is 11.8. The average molecular weight is 431 g/mol. The number of aromatic amines is 2. The van der Waals surface area contributed by atoms with Crippen LogP contribution in [0.1, 0.15) is 22.8 Å². The third kappa shape index (κ3) is 3.51. The molecule has 0 aliphatic carbocycles. The molecule has 0 amide bonds. The smallest absolute Gasteiger partial charge is 0.277 e. The van der Waals surface area contributed by atoms with Crippen LogP contribution in [0.25, 0.3) is 57.5 Å². The molecule has 0 saturated carbocycles. The highest BCUT2D eigenvalue weighted by molar-refractivity contribution is 5.93. The van der Waals surface area contributed by atoms with Crippen LogP contribution < -0.4 is 0 Å². The molecule has 7 nitrogen and oxygen atoms in total. The van der Waals surface area contributed by atoms with Gasteiger partial charge in [0.15, 0.2) is 0 Å². The first-order chi connectivity index (χ1) is 16.1. The van der Waals surface area contributed by atoms with Crippen molar-refractivity contribution in [2.45, 2.75) is 0 Å². The second-order valence-corrected chi connectivity index (χ2v) is 7.83. The van der Waals surface area contributed by atoms with Crippen molar-refractivity contribution in [3.8, 4) is 11.1 Å². The van der Waals surface area contributed by atoms with Gasteiger partial charge >= 0.3 is 0 Å². The lowest BCUT2D eigenvalue weighted by molar-refractivity contribution is -0.384. The average Bonchev–Trinajstić information content (AvgIpc) is 3.60. The first-order valence-corrected chi connectivity index (χ1v) is 10.4. The Morgan fingerprint density at radius 2 is 1.30 bits per heavy atom. The largest absolute Gasteiger partial charge is 0.355 e. The van der Waals surface area contributed by atoms with E-state index in [-0.39, 0.29) is 10.6 Å². The number of aromatic nitrogens is 4. The fourth-order valence-corrected chi connectivity index (χ4v) is 4.14. The number of benzene rings is 1. The van der Waals surface area contributed by atoms with Gasteiger partial charge in [0.05, 0.1) is 33.3 Å². The Kier molecular flexibility index (Phi) is 4.26. The van der Waals surface area contributed by atoms with E-state index in [1.807, 2.05) is 66.8 Å². The summed E-state index contributed by atoms with van der Waals surface area (Å²) in [6.45, 7) is 0. The van der Waals surface area contributed by atoms with Gasteiger partial charge in [-0.15, -0.1) is 0 Å². The van der Waals surface area contributed by atoms with Crippen LogP contribution >= 0.6 is 0 Å². The van der Waals surface area contributed by atoms with Crippen LogP contribution in [0.5, 0.6) is 0 Å². The number of H-pyrrole nitrogens is 2. The molecule has 0 saturated heterocycles. The third-order valence-electron chi connectivity index (χ3n) is 5.59. The molecule has 2 aliphatic rings. The van der Waals surface area contributed by atoms with Gasteiger partial charge in [-0.05, 0) is 72.8 Å². The van der Waals surface area contributed by atoms with Gasteiger partial charge in [-0.2, -0.15) is 0 Å². The van der Waals surface area contributed by atoms with Crippen LogP contribution in [0, 0.1) is 10.1 Å². The van der Waals surface area contributed by atoms with Crippen molar-refractivity contribution in [1.82, 2.24) is 19.9 Å². The summed E-state index contributed by atoms with van der Waals surface area (Å²) in [4.78, 5) is 27.6. The predicted molar refractivity (Wildman–Crippen MR) is 131 cm³/mol. The Bertz CT molecular complexity index is 1660. The van der Waals surface area contributed by atoms with Crippen LogP contribution in [-0.4, -0.2) is 24.9 Å². The summed E-state index contributed by atoms with van der Waals surface area (Å²) < 4.78 is 0. The summed E-state index contributed by atoms with van der Waals surface area (Å²) in [5, 5.41) is 11.8. The Hall–Kier alpha value is -4.78. The lowest BCUT2D eigenvalue weighted by Gasteiger charge is -2.05. The van der Waals surface area contributed by atoms with Crippen LogP contribution in [-0.2, 0) is 0 Å². The molecule has 0 radical (unpaired) electrons. The van der Waals surface area contributed by atoms with Crippen molar-refractivity contribution in [3.05, 3.63) is 99.6 Å². The number of hydrogen-bond donors (Lipinski definition) is 2. The summed E-state index contributed by atoms with van der Waals surface area (Å²) in [5.74, 6) is 0. The molecule has 4 aromatic rings. The number of hydrogen-bond acceptors (Lipinski definition) is 4. The zero-order chi connectivity index (χ0) is 22.4. The number of nitro benzene ring substituents is 1. The zero-order valence-electron chi connectivity index (χ0n) is 17.3. The molecule has 3 aromatic heterocycles. The fraction of sp³-hybridized carbons (Fsp3) is 0. The summed E-state index contributed by atoms with van der Waals surface area (Å²) in [5.41, 5.74) is 7.74. The van der Waals surface area contributed by atoms with Crippen molar-refractivity contribution in [3.63, 3.8) is 0 Å². The number of para-hydroxylation sites is 1. The molecule has 0 unspecified atom stereocenters. The number of nitro groups is 1. The zero-order valence-corrected chi connectivity index (χ0v) is 17.3. The Labute approximate surface area is 188 Å². The second-order valence-electron chi connectivity index (χ2n) is 7.83. The minimum Gasteiger partial charge on any atom is -0.355 e. The standard InChI is InChI=1S/C26H17N5O2/c32-31(33)25-4-2-1-3-22(25)26-23-11-9-20(29-23)14-18-7-5-16(27-18)13-17-6-8-19(28-17)15-21-10-12-24(26)30-21/h1-15,27,30H. The van der Waals surface area contributed by atoms with Crippen molar-refractivity contribution < 1.29 is 4.92 Å². The maximum absolute atomic E-state index is 11.8. The molecule has 0 atom stereocenters. The Balaban J connectivity index is 1.74. The van der Waals surface area contributed by atoms with Crippen LogP contribution in [0.3, 0.4) is 0 Å². The summed E-state index contributed by atoms with van der Waals surface area (Å²) >= 11 is 0. The van der Waals surface area contributed by atoms with E-state index >= 15 is 0 Å². The van der Waals surface area contributed by atoms with Crippen LogP contribution in [0.2, 0.25) is 0 Å². The van der Waals surface area contributed by atoms with E-state index in [0.717, 1.165) is 39.1 Å². The molecule has 0 fully saturated rings. The quantitative estimate of drug-likeness (QED) is 0.251. The van der Waals surface area contributed by atoms with Crippen molar-refractivity contribution in [2.75, 3.05) is 0 Å². The highest BCUT2D eigenvalue weighted by Crippen LogP contribution is 2.35. The number of nitrogens with one attached hydrogen (secondary N) is 2. The van der Waals surface area contributed by atoms with Gasteiger partial charge in [0.25, 0.3) is 5.69 Å². The van der Waals surface area contributed by atoms with Gasteiger partial charge in [0, 0.05) is 33.7 Å². The minimum absolute atomic E-state index is 0.0300. The van der Waals surface area contributed by atoms with Crippen LogP contribution in [0.4, 0.5) is 5.69 Å². The van der Waals surface area contributed by atoms with Gasteiger partial charge in [0.2, 0.25) is 0 Å². The van der Waals surface area contributed by atoms with Gasteiger partial charge in [-0.1, -0.05) is 12.1 Å². The molecule has 6 rings (SSSR count). The van der Waals surface area contributed by atoms with E-state index in [1.165, 1.54) is 6.07 Å². The molecule has 158 valence electrons. The van der Waals surface area contributed by atoms with E-state index in [0.29, 0.717) is 16.8 Å². The predicted octanol–water partition coefficient (Wildman–Crippen LogP) is 6.23. The molecule has 7 heteroatoms. The van der Waals surface area contributed by atoms with Gasteiger partial charge < -0.3 is 9.97 Å². The maximum Gasteiger partial charge on any atom is 0.277 e. The fourth-order valence-electron chi connectivity index (χ4n) is 4.14. The molecular weight excluding hydrogens is 414 g/mol. The normalized spacial score (nSPS) is 12.2. The molecule has 2 aliphatic heterocycles. The van der Waals surface area contributed by atoms with Crippen LogP contribution in [0.15, 0.2) is 66.7 Å². The molecule has 8 bridgehead atoms. The topological polar surface area (TPSA) is 100 Å². The SMILES string of the molecule is O=[N+]([O-])c1ccccc1-c1c2nc(cc3ccc(cc4nc(cc5ccc1[nH]5)C=C4)[nH]3)C=C2. The lowest BCUT2D eigenvalue weighted by atomic mass is 10.0. The summed E-state index contributed by atoms with van der Waals surface area (Å²) in [6, 6.07) is 20.5. The third-order valence-corrected chi connectivity index (χ3v) is 5.59. The number of nitrogens with zero attached hydrogens (tertiary/aromatic N) is 3. The molecule has 1 aromatic carbocycles. The number of fused-ring (bicyclic) bond motifs is 8. The van der Waals surface area contributed by atoms with Crippen molar-refractivity contribution in [1.29, 1.82) is 0 Å². The van der Waals surface area contributed by atoms with E-state index in [2.05, 4.69) is 15.0 Å². The summed E-state index contributed by atoms with van der Waals surface area (Å²) in [7, 11) is 0.